The number of halogens is 1. The van der Waals surface area contributed by atoms with Gasteiger partial charge in [-0.25, -0.2) is 4.39 Å². The van der Waals surface area contributed by atoms with Crippen LogP contribution >= 0.6 is 0 Å². The monoisotopic (exact) mass is 285 g/mol. The Hall–Kier alpha value is -2.56. The van der Waals surface area contributed by atoms with E-state index in [1.165, 1.54) is 12.1 Å². The Morgan fingerprint density at radius 1 is 1.24 bits per heavy atom. The summed E-state index contributed by atoms with van der Waals surface area (Å²) in [6.45, 7) is 0.537. The maximum atomic E-state index is 13.5. The van der Waals surface area contributed by atoms with Gasteiger partial charge in [0, 0.05) is 5.69 Å². The number of guanidine groups is 1. The Labute approximate surface area is 122 Å². The highest BCUT2D eigenvalue weighted by Crippen LogP contribution is 2.32. The predicted octanol–water partition coefficient (Wildman–Crippen LogP) is 2.71. The van der Waals surface area contributed by atoms with Crippen molar-refractivity contribution in [1.29, 1.82) is 0 Å². The van der Waals surface area contributed by atoms with Crippen molar-refractivity contribution in [3.63, 3.8) is 0 Å². The van der Waals surface area contributed by atoms with Gasteiger partial charge in [-0.1, -0.05) is 18.2 Å². The normalized spacial score (nSPS) is 17.7. The van der Waals surface area contributed by atoms with Crippen LogP contribution in [0.2, 0.25) is 0 Å². The molecule has 5 heteroatoms. The Bertz CT molecular complexity index is 687. The van der Waals surface area contributed by atoms with Crippen LogP contribution in [0.1, 0.15) is 11.6 Å². The molecular weight excluding hydrogens is 269 g/mol. The van der Waals surface area contributed by atoms with Gasteiger partial charge in [-0.15, -0.1) is 0 Å². The van der Waals surface area contributed by atoms with Crippen LogP contribution < -0.4 is 15.4 Å². The molecule has 0 radical (unpaired) electrons. The molecule has 0 fully saturated rings. The summed E-state index contributed by atoms with van der Waals surface area (Å²) in [6.07, 6.45) is 0. The molecule has 3 rings (SSSR count). The van der Waals surface area contributed by atoms with E-state index < -0.39 is 0 Å². The number of anilines is 1. The van der Waals surface area contributed by atoms with Crippen molar-refractivity contribution < 1.29 is 9.13 Å². The fourth-order valence-electron chi connectivity index (χ4n) is 2.54. The first-order chi connectivity index (χ1) is 10.2. The van der Waals surface area contributed by atoms with Crippen molar-refractivity contribution in [2.75, 3.05) is 18.6 Å². The molecule has 2 aromatic carbocycles. The molecule has 108 valence electrons. The van der Waals surface area contributed by atoms with E-state index in [0.717, 1.165) is 11.3 Å². The lowest BCUT2D eigenvalue weighted by molar-refractivity contribution is 0.414. The highest BCUT2D eigenvalue weighted by molar-refractivity contribution is 5.97. The van der Waals surface area contributed by atoms with E-state index in [1.807, 2.05) is 35.2 Å². The number of nitrogens with zero attached hydrogens (tertiary/aromatic N) is 2. The Morgan fingerprint density at radius 3 is 2.81 bits per heavy atom. The number of hydrogen-bond acceptors (Lipinski definition) is 4. The van der Waals surface area contributed by atoms with E-state index in [9.17, 15) is 4.39 Å². The molecule has 1 aliphatic rings. The number of benzene rings is 2. The van der Waals surface area contributed by atoms with E-state index in [0.29, 0.717) is 18.2 Å². The quantitative estimate of drug-likeness (QED) is 0.943. The Morgan fingerprint density at radius 2 is 2.05 bits per heavy atom. The van der Waals surface area contributed by atoms with E-state index in [4.69, 9.17) is 10.5 Å². The van der Waals surface area contributed by atoms with Crippen molar-refractivity contribution in [3.05, 3.63) is 59.9 Å². The van der Waals surface area contributed by atoms with Crippen LogP contribution in [0.25, 0.3) is 0 Å². The summed E-state index contributed by atoms with van der Waals surface area (Å²) in [5.74, 6) is 0.877. The van der Waals surface area contributed by atoms with Crippen LogP contribution in [0.15, 0.2) is 53.5 Å². The fourth-order valence-corrected chi connectivity index (χ4v) is 2.54. The zero-order valence-electron chi connectivity index (χ0n) is 11.7. The Kier molecular flexibility index (Phi) is 3.48. The van der Waals surface area contributed by atoms with E-state index in [1.54, 1.807) is 13.2 Å². The predicted molar refractivity (Wildman–Crippen MR) is 81.1 cm³/mol. The summed E-state index contributed by atoms with van der Waals surface area (Å²) in [6, 6.07) is 14.1. The summed E-state index contributed by atoms with van der Waals surface area (Å²) < 4.78 is 18.7. The van der Waals surface area contributed by atoms with E-state index in [-0.39, 0.29) is 11.9 Å². The second-order valence-corrected chi connectivity index (χ2v) is 4.84. The smallest absolute Gasteiger partial charge is 0.196 e. The first kappa shape index (κ1) is 13.4. The third-order valence-corrected chi connectivity index (χ3v) is 3.55. The van der Waals surface area contributed by atoms with Gasteiger partial charge in [0.25, 0.3) is 0 Å². The van der Waals surface area contributed by atoms with Gasteiger partial charge in [-0.3, -0.25) is 4.99 Å². The second kappa shape index (κ2) is 5.44. The minimum Gasteiger partial charge on any atom is -0.497 e. The number of aliphatic imine (C=N–C) groups is 1. The molecule has 1 atom stereocenters. The summed E-state index contributed by atoms with van der Waals surface area (Å²) in [5, 5.41) is 0. The lowest BCUT2D eigenvalue weighted by Crippen LogP contribution is -2.36. The number of ether oxygens (including phenoxy) is 1. The van der Waals surface area contributed by atoms with E-state index in [2.05, 4.69) is 4.99 Å². The van der Waals surface area contributed by atoms with Gasteiger partial charge in [-0.2, -0.15) is 0 Å². The molecule has 1 aliphatic heterocycles. The van der Waals surface area contributed by atoms with Gasteiger partial charge in [0.2, 0.25) is 0 Å². The van der Waals surface area contributed by atoms with Crippen LogP contribution in [0.3, 0.4) is 0 Å². The zero-order valence-corrected chi connectivity index (χ0v) is 11.7. The summed E-state index contributed by atoms with van der Waals surface area (Å²) in [4.78, 5) is 6.14. The summed E-state index contributed by atoms with van der Waals surface area (Å²) in [5.41, 5.74) is 7.71. The molecule has 2 N–H and O–H groups in total. The summed E-state index contributed by atoms with van der Waals surface area (Å²) >= 11 is 0. The van der Waals surface area contributed by atoms with Gasteiger partial charge in [0.1, 0.15) is 11.6 Å². The molecule has 1 unspecified atom stereocenters. The van der Waals surface area contributed by atoms with Crippen LogP contribution in [0, 0.1) is 5.82 Å². The van der Waals surface area contributed by atoms with E-state index >= 15 is 0 Å². The molecule has 21 heavy (non-hydrogen) atoms. The van der Waals surface area contributed by atoms with Crippen LogP contribution in [-0.4, -0.2) is 19.6 Å². The number of nitrogens with two attached hydrogens (primary N) is 1. The first-order valence-electron chi connectivity index (χ1n) is 6.67. The molecule has 2 aromatic rings. The average Bonchev–Trinajstić information content (AvgIpc) is 2.89. The minimum absolute atomic E-state index is 0.0538. The third kappa shape index (κ3) is 2.54. The molecule has 4 nitrogen and oxygen atoms in total. The molecule has 0 aromatic heterocycles. The lowest BCUT2D eigenvalue weighted by Gasteiger charge is -2.26. The minimum atomic E-state index is -0.295. The topological polar surface area (TPSA) is 50.9 Å². The largest absolute Gasteiger partial charge is 0.497 e. The molecule has 0 saturated carbocycles. The molecule has 0 saturated heterocycles. The van der Waals surface area contributed by atoms with Gasteiger partial charge < -0.3 is 15.4 Å². The zero-order chi connectivity index (χ0) is 14.8. The average molecular weight is 285 g/mol. The molecule has 0 aliphatic carbocycles. The van der Waals surface area contributed by atoms with Crippen molar-refractivity contribution in [2.45, 2.75) is 6.04 Å². The van der Waals surface area contributed by atoms with Crippen LogP contribution in [0.5, 0.6) is 5.75 Å². The Balaban J connectivity index is 1.98. The van der Waals surface area contributed by atoms with Gasteiger partial charge in [0.05, 0.1) is 19.7 Å². The lowest BCUT2D eigenvalue weighted by atomic mass is 10.1. The molecule has 0 bridgehead atoms. The third-order valence-electron chi connectivity index (χ3n) is 3.55. The van der Waals surface area contributed by atoms with Crippen molar-refractivity contribution in [3.8, 4) is 5.75 Å². The maximum absolute atomic E-state index is 13.5. The fraction of sp³-hybridized carbons (Fsp3) is 0.188. The van der Waals surface area contributed by atoms with Crippen LogP contribution in [0.4, 0.5) is 10.1 Å². The number of rotatable bonds is 3. The highest BCUT2D eigenvalue weighted by Gasteiger charge is 2.29. The van der Waals surface area contributed by atoms with Gasteiger partial charge in [0.15, 0.2) is 5.96 Å². The molecule has 1 heterocycles. The number of methoxy groups -OCH3 is 1. The second-order valence-electron chi connectivity index (χ2n) is 4.84. The molecule has 0 spiro atoms. The molecular formula is C16H16FN3O. The SMILES string of the molecule is COc1cccc(C2CN=C(N)N2c2cccc(F)c2)c1. The standard InChI is InChI=1S/C16H16FN3O/c1-21-14-7-2-4-11(8-14)15-10-19-16(18)20(15)13-6-3-5-12(17)9-13/h2-9,15H,10H2,1H3,(H2,18,19). The maximum Gasteiger partial charge on any atom is 0.196 e. The van der Waals surface area contributed by atoms with Crippen molar-refractivity contribution >= 4 is 11.6 Å². The van der Waals surface area contributed by atoms with Gasteiger partial charge >= 0.3 is 0 Å². The van der Waals surface area contributed by atoms with Crippen molar-refractivity contribution in [2.24, 2.45) is 10.7 Å². The van der Waals surface area contributed by atoms with Gasteiger partial charge in [-0.05, 0) is 35.9 Å². The number of hydrogen-bond donors (Lipinski definition) is 1. The van der Waals surface area contributed by atoms with Crippen LogP contribution in [-0.2, 0) is 0 Å². The molecule has 0 amide bonds. The summed E-state index contributed by atoms with van der Waals surface area (Å²) in [7, 11) is 1.63. The highest BCUT2D eigenvalue weighted by atomic mass is 19.1. The first-order valence-corrected chi connectivity index (χ1v) is 6.67. The van der Waals surface area contributed by atoms with Crippen molar-refractivity contribution in [1.82, 2.24) is 0 Å².